The summed E-state index contributed by atoms with van der Waals surface area (Å²) in [4.78, 5) is 0. The Hall–Kier alpha value is -2.63. The predicted octanol–water partition coefficient (Wildman–Crippen LogP) is 4.38. The number of rotatable bonds is 0. The number of aryl methyl sites for hydroxylation is 2. The van der Waals surface area contributed by atoms with E-state index in [4.69, 9.17) is 0 Å². The molecule has 0 unspecified atom stereocenters. The molecule has 0 bridgehead atoms. The van der Waals surface area contributed by atoms with Crippen LogP contribution in [0.5, 0.6) is 0 Å². The van der Waals surface area contributed by atoms with Crippen molar-refractivity contribution in [1.82, 2.24) is 4.48 Å². The van der Waals surface area contributed by atoms with Crippen molar-refractivity contribution in [3.8, 4) is 23.5 Å². The molecule has 7 heteroatoms. The molecule has 36 heavy (non-hydrogen) atoms. The third-order valence-electron chi connectivity index (χ3n) is 7.04. The minimum Gasteiger partial charge on any atom is -0.435 e. The van der Waals surface area contributed by atoms with E-state index in [2.05, 4.69) is 136 Å². The highest BCUT2D eigenvalue weighted by atomic mass is 127. The van der Waals surface area contributed by atoms with Crippen molar-refractivity contribution in [3.05, 3.63) is 95.6 Å². The molecule has 3 aromatic rings. The molecule has 0 saturated carbocycles. The molecule has 0 aliphatic carbocycles. The molecule has 5 rings (SSSR count). The Bertz CT molecular complexity index is 1620. The zero-order valence-corrected chi connectivity index (χ0v) is 25.6. The molecule has 5 heterocycles. The first kappa shape index (κ1) is 25.0. The van der Waals surface area contributed by atoms with Gasteiger partial charge in [0.05, 0.1) is 14.7 Å². The Kier molecular flexibility index (Phi) is 6.51. The average molecular weight is 696 g/mol. The molecule has 0 atom stereocenters. The van der Waals surface area contributed by atoms with Gasteiger partial charge in [0.2, 0.25) is 0 Å². The second-order valence-electron chi connectivity index (χ2n) is 9.53. The van der Waals surface area contributed by atoms with Crippen molar-refractivity contribution >= 4 is 63.4 Å². The number of nitrogens with zero attached hydrogens (tertiary/aromatic N) is 4. The van der Waals surface area contributed by atoms with E-state index in [1.165, 1.54) is 41.1 Å². The molecule has 2 aliphatic heterocycles. The molecule has 3 aromatic heterocycles. The van der Waals surface area contributed by atoms with Gasteiger partial charge >= 0.3 is 6.42 Å². The molecule has 0 aromatic carbocycles. The van der Waals surface area contributed by atoms with Gasteiger partial charge in [-0.3, -0.25) is 0 Å². The Balaban J connectivity index is 1.90. The molecule has 0 spiro atoms. The molecule has 0 fully saturated rings. The van der Waals surface area contributed by atoms with Gasteiger partial charge in [-0.25, -0.2) is 9.13 Å². The largest absolute Gasteiger partial charge is 0.521 e. The van der Waals surface area contributed by atoms with Gasteiger partial charge in [-0.2, -0.15) is 11.6 Å². The van der Waals surface area contributed by atoms with Gasteiger partial charge in [0.1, 0.15) is 19.8 Å². The highest BCUT2D eigenvalue weighted by molar-refractivity contribution is 14.1. The second-order valence-corrected chi connectivity index (χ2v) is 11.7. The van der Waals surface area contributed by atoms with E-state index in [1.807, 2.05) is 47.8 Å². The van der Waals surface area contributed by atoms with Crippen molar-refractivity contribution in [1.29, 1.82) is 0 Å². The minimum atomic E-state index is -1.84. The Morgan fingerprint density at radius 3 is 1.94 bits per heavy atom. The van der Waals surface area contributed by atoms with Gasteiger partial charge < -0.3 is 8.96 Å². The van der Waals surface area contributed by atoms with E-state index in [1.54, 1.807) is 0 Å². The van der Waals surface area contributed by atoms with Gasteiger partial charge in [0.25, 0.3) is 0 Å². The van der Waals surface area contributed by atoms with E-state index in [0.717, 1.165) is 11.1 Å². The van der Waals surface area contributed by atoms with Crippen LogP contribution in [0.15, 0.2) is 63.9 Å². The van der Waals surface area contributed by atoms with Gasteiger partial charge in [-0.15, -0.1) is 0 Å². The Morgan fingerprint density at radius 2 is 1.42 bits per heavy atom. The third kappa shape index (κ3) is 3.97. The van der Waals surface area contributed by atoms with Crippen LogP contribution >= 0.6 is 45.2 Å². The van der Waals surface area contributed by atoms with Crippen LogP contribution in [0.2, 0.25) is 0 Å². The lowest BCUT2D eigenvalue weighted by Gasteiger charge is -2.36. The number of allylic oxidation sites excluding steroid dienone is 2. The van der Waals surface area contributed by atoms with E-state index >= 15 is 0 Å². The fourth-order valence-electron chi connectivity index (χ4n) is 5.25. The van der Waals surface area contributed by atoms with E-state index in [-0.39, 0.29) is 0 Å². The summed E-state index contributed by atoms with van der Waals surface area (Å²) in [6.07, 6.45) is 8.66. The lowest BCUT2D eigenvalue weighted by Crippen LogP contribution is -2.56. The summed E-state index contributed by atoms with van der Waals surface area (Å²) < 4.78 is 11.4. The van der Waals surface area contributed by atoms with Crippen molar-refractivity contribution in [2.24, 2.45) is 14.1 Å². The van der Waals surface area contributed by atoms with Gasteiger partial charge in [-0.05, 0) is 89.3 Å². The standard InChI is InChI=1S/C29H27BI2N4/c1-20-26-17-27-21(2)29(32)23(4)36(27)30(35(26)22(3)28(20)31,13-11-24-9-7-15-33(5)18-24)14-12-25-10-8-16-34(6)19-25/h7-10,15-19H,1-6H3/q+2. The minimum absolute atomic E-state index is 0.972. The van der Waals surface area contributed by atoms with Crippen LogP contribution in [0.3, 0.4) is 0 Å². The number of hydrogen-bond acceptors (Lipinski definition) is 0. The smallest absolute Gasteiger partial charge is 0.435 e. The quantitative estimate of drug-likeness (QED) is 0.144. The SMILES string of the molecule is CC1=C(I)C(C)=[N+]2C1=Cc1c(C)c(I)c(C)n1[B-]2(C#Cc1ccc[n+](C)c1)C#Cc1ccc[n+](C)c1. The van der Waals surface area contributed by atoms with Crippen molar-refractivity contribution in [2.45, 2.75) is 27.7 Å². The predicted molar refractivity (Wildman–Crippen MR) is 162 cm³/mol. The molecular formula is C29H27BI2N4+2. The molecule has 2 aliphatic rings. The number of aromatic nitrogens is 3. The molecule has 0 saturated heterocycles. The molecular weight excluding hydrogens is 669 g/mol. The molecule has 0 radical (unpaired) electrons. The van der Waals surface area contributed by atoms with Crippen molar-refractivity contribution in [2.75, 3.05) is 0 Å². The lowest BCUT2D eigenvalue weighted by molar-refractivity contribution is -0.671. The summed E-state index contributed by atoms with van der Waals surface area (Å²) in [5.41, 5.74) is 9.29. The summed E-state index contributed by atoms with van der Waals surface area (Å²) in [6, 6.07) is 8.19. The topological polar surface area (TPSA) is 15.7 Å². The van der Waals surface area contributed by atoms with Crippen LogP contribution in [0.1, 0.15) is 41.9 Å². The second kappa shape index (κ2) is 9.35. The van der Waals surface area contributed by atoms with E-state index in [0.29, 0.717) is 0 Å². The van der Waals surface area contributed by atoms with Crippen LogP contribution < -0.4 is 9.13 Å². The first-order valence-corrected chi connectivity index (χ1v) is 14.0. The van der Waals surface area contributed by atoms with E-state index < -0.39 is 6.42 Å². The maximum Gasteiger partial charge on any atom is 0.521 e. The van der Waals surface area contributed by atoms with Gasteiger partial charge in [0.15, 0.2) is 30.5 Å². The maximum absolute atomic E-state index is 3.76. The van der Waals surface area contributed by atoms with Crippen LogP contribution in [0, 0.1) is 40.9 Å². The number of halogens is 2. The van der Waals surface area contributed by atoms with Crippen LogP contribution in [-0.4, -0.2) is 21.1 Å². The summed E-state index contributed by atoms with van der Waals surface area (Å²) in [7, 11) is 4.05. The Morgan fingerprint density at radius 1 is 0.861 bits per heavy atom. The zero-order chi connectivity index (χ0) is 25.8. The zero-order valence-electron chi connectivity index (χ0n) is 21.3. The normalized spacial score (nSPS) is 15.5. The summed E-state index contributed by atoms with van der Waals surface area (Å²) >= 11 is 4.94. The monoisotopic (exact) mass is 696 g/mol. The van der Waals surface area contributed by atoms with Crippen molar-refractivity contribution < 1.29 is 13.6 Å². The fourth-order valence-corrected chi connectivity index (χ4v) is 6.32. The van der Waals surface area contributed by atoms with Gasteiger partial charge in [0, 0.05) is 40.0 Å². The van der Waals surface area contributed by atoms with E-state index in [9.17, 15) is 0 Å². The maximum atomic E-state index is 3.76. The van der Waals surface area contributed by atoms with Gasteiger partial charge in [-0.1, -0.05) is 11.8 Å². The van der Waals surface area contributed by atoms with Crippen molar-refractivity contribution in [3.63, 3.8) is 0 Å². The van der Waals surface area contributed by atoms with Crippen LogP contribution in [0.4, 0.5) is 0 Å². The Labute approximate surface area is 240 Å². The highest BCUT2D eigenvalue weighted by Crippen LogP contribution is 2.40. The van der Waals surface area contributed by atoms with Crippen LogP contribution in [-0.2, 0) is 14.1 Å². The summed E-state index contributed by atoms with van der Waals surface area (Å²) in [6.45, 7) is 8.80. The summed E-state index contributed by atoms with van der Waals surface area (Å²) in [5.74, 6) is 14.6. The number of fused-ring (bicyclic) bond motifs is 2. The average Bonchev–Trinajstić information content (AvgIpc) is 3.21. The molecule has 178 valence electrons. The highest BCUT2D eigenvalue weighted by Gasteiger charge is 2.49. The fraction of sp³-hybridized carbons (Fsp3) is 0.207. The molecule has 4 nitrogen and oxygen atoms in total. The lowest BCUT2D eigenvalue weighted by atomic mass is 9.45. The molecule has 0 N–H and O–H groups in total. The first-order chi connectivity index (χ1) is 17.1. The number of hydrogen-bond donors (Lipinski definition) is 0. The first-order valence-electron chi connectivity index (χ1n) is 11.9. The third-order valence-corrected chi connectivity index (χ3v) is 10.2. The summed E-state index contributed by atoms with van der Waals surface area (Å²) in [5, 5.41) is 0. The van der Waals surface area contributed by atoms with Crippen LogP contribution in [0.25, 0.3) is 6.08 Å². The molecule has 0 amide bonds. The number of pyridine rings is 2.